The lowest BCUT2D eigenvalue weighted by Crippen LogP contribution is -2.43. The monoisotopic (exact) mass is 306 g/mol. The summed E-state index contributed by atoms with van der Waals surface area (Å²) in [5.41, 5.74) is 0. The molecule has 6 unspecified atom stereocenters. The van der Waals surface area contributed by atoms with Crippen molar-refractivity contribution >= 4 is 0 Å². The fourth-order valence-corrected chi connectivity index (χ4v) is 5.98. The molecule has 4 aliphatic rings. The Balaban J connectivity index is 1.63. The highest BCUT2D eigenvalue weighted by atomic mass is 16.7. The first-order valence-corrected chi connectivity index (χ1v) is 8.24. The van der Waals surface area contributed by atoms with Gasteiger partial charge in [0.2, 0.25) is 0 Å². The molecular formula is C18H26O4. The van der Waals surface area contributed by atoms with Crippen molar-refractivity contribution in [2.24, 2.45) is 35.5 Å². The fraction of sp³-hybridized carbons (Fsp3) is 0.778. The Morgan fingerprint density at radius 1 is 0.636 bits per heavy atom. The van der Waals surface area contributed by atoms with Crippen LogP contribution in [0.25, 0.3) is 0 Å². The van der Waals surface area contributed by atoms with Crippen molar-refractivity contribution in [2.45, 2.75) is 24.4 Å². The summed E-state index contributed by atoms with van der Waals surface area (Å²) >= 11 is 0. The minimum atomic E-state index is -0.459. The predicted octanol–water partition coefficient (Wildman–Crippen LogP) is 2.61. The Morgan fingerprint density at radius 2 is 1.00 bits per heavy atom. The van der Waals surface area contributed by atoms with Gasteiger partial charge >= 0.3 is 0 Å². The summed E-state index contributed by atoms with van der Waals surface area (Å²) in [4.78, 5) is 0. The van der Waals surface area contributed by atoms with Gasteiger partial charge in [0.25, 0.3) is 0 Å². The molecule has 0 aliphatic heterocycles. The number of hydrogen-bond donors (Lipinski definition) is 0. The molecule has 22 heavy (non-hydrogen) atoms. The van der Waals surface area contributed by atoms with Crippen LogP contribution in [0.3, 0.4) is 0 Å². The maximum Gasteiger partial charge on any atom is 0.180 e. The van der Waals surface area contributed by atoms with Gasteiger partial charge in [-0.1, -0.05) is 24.3 Å². The maximum atomic E-state index is 5.84. The summed E-state index contributed by atoms with van der Waals surface area (Å²) < 4.78 is 23.4. The van der Waals surface area contributed by atoms with E-state index < -0.39 is 11.6 Å². The van der Waals surface area contributed by atoms with Crippen molar-refractivity contribution in [3.8, 4) is 0 Å². The zero-order valence-corrected chi connectivity index (χ0v) is 13.8. The van der Waals surface area contributed by atoms with Gasteiger partial charge in [0.15, 0.2) is 11.6 Å². The maximum absolute atomic E-state index is 5.84. The smallest absolute Gasteiger partial charge is 0.180 e. The largest absolute Gasteiger partial charge is 0.352 e. The van der Waals surface area contributed by atoms with Crippen molar-refractivity contribution in [3.05, 3.63) is 24.3 Å². The average molecular weight is 306 g/mol. The second-order valence-corrected chi connectivity index (χ2v) is 7.09. The van der Waals surface area contributed by atoms with Crippen LogP contribution in [0.5, 0.6) is 0 Å². The third-order valence-electron chi connectivity index (χ3n) is 6.87. The van der Waals surface area contributed by atoms with Crippen molar-refractivity contribution < 1.29 is 18.9 Å². The van der Waals surface area contributed by atoms with Gasteiger partial charge in [-0.05, 0) is 24.7 Å². The molecular weight excluding hydrogens is 280 g/mol. The Bertz CT molecular complexity index is 457. The summed E-state index contributed by atoms with van der Waals surface area (Å²) in [7, 11) is 7.09. The zero-order chi connectivity index (χ0) is 15.5. The standard InChI is InChI=1S/C18H26O4/c1-19-17(20-2)11-5-7-15(17)13(9-11)14-10-12-6-8-16(14)18(12,21-3)22-4/h5-8,11-16H,9-10H2,1-4H3. The van der Waals surface area contributed by atoms with Gasteiger partial charge in [-0.15, -0.1) is 0 Å². The van der Waals surface area contributed by atoms with Crippen LogP contribution in [0, 0.1) is 35.5 Å². The predicted molar refractivity (Wildman–Crippen MR) is 82.0 cm³/mol. The number of ether oxygens (including phenoxy) is 4. The molecule has 4 aliphatic carbocycles. The van der Waals surface area contributed by atoms with E-state index in [0.717, 1.165) is 12.8 Å². The van der Waals surface area contributed by atoms with Gasteiger partial charge in [-0.25, -0.2) is 0 Å². The lowest BCUT2D eigenvalue weighted by atomic mass is 9.75. The van der Waals surface area contributed by atoms with Crippen molar-refractivity contribution in [1.29, 1.82) is 0 Å². The molecule has 0 aromatic rings. The molecule has 0 amide bonds. The van der Waals surface area contributed by atoms with Crippen molar-refractivity contribution in [1.82, 2.24) is 0 Å². The molecule has 2 saturated carbocycles. The third-order valence-corrected chi connectivity index (χ3v) is 6.87. The summed E-state index contributed by atoms with van der Waals surface area (Å²) in [6.07, 6.45) is 11.4. The molecule has 0 N–H and O–H groups in total. The summed E-state index contributed by atoms with van der Waals surface area (Å²) in [5, 5.41) is 0. The van der Waals surface area contributed by atoms with Crippen molar-refractivity contribution in [2.75, 3.05) is 28.4 Å². The first-order chi connectivity index (χ1) is 10.7. The molecule has 0 aromatic heterocycles. The lowest BCUT2D eigenvalue weighted by molar-refractivity contribution is -0.239. The van der Waals surface area contributed by atoms with Crippen LogP contribution in [0.1, 0.15) is 12.8 Å². The highest BCUT2D eigenvalue weighted by Gasteiger charge is 2.65. The van der Waals surface area contributed by atoms with E-state index in [-0.39, 0.29) is 0 Å². The van der Waals surface area contributed by atoms with Gasteiger partial charge in [-0.2, -0.15) is 0 Å². The highest BCUT2D eigenvalue weighted by Crippen LogP contribution is 2.63. The lowest BCUT2D eigenvalue weighted by Gasteiger charge is -2.36. The quantitative estimate of drug-likeness (QED) is 0.578. The minimum Gasteiger partial charge on any atom is -0.352 e. The van der Waals surface area contributed by atoms with E-state index in [9.17, 15) is 0 Å². The Hall–Kier alpha value is -0.680. The van der Waals surface area contributed by atoms with Crippen LogP contribution in [-0.4, -0.2) is 40.0 Å². The Labute approximate surface area is 132 Å². The van der Waals surface area contributed by atoms with E-state index in [1.165, 1.54) is 0 Å². The van der Waals surface area contributed by atoms with Gasteiger partial charge < -0.3 is 18.9 Å². The van der Waals surface area contributed by atoms with Crippen LogP contribution >= 0.6 is 0 Å². The fourth-order valence-electron chi connectivity index (χ4n) is 5.98. The van der Waals surface area contributed by atoms with E-state index in [2.05, 4.69) is 24.3 Å². The van der Waals surface area contributed by atoms with Gasteiger partial charge in [0.1, 0.15) is 0 Å². The number of methoxy groups -OCH3 is 4. The molecule has 6 atom stereocenters. The zero-order valence-electron chi connectivity index (χ0n) is 13.8. The molecule has 122 valence electrons. The molecule has 4 rings (SSSR count). The Morgan fingerprint density at radius 3 is 1.27 bits per heavy atom. The first-order valence-electron chi connectivity index (χ1n) is 8.24. The Kier molecular flexibility index (Phi) is 3.32. The highest BCUT2D eigenvalue weighted by molar-refractivity contribution is 5.26. The second kappa shape index (κ2) is 4.91. The average Bonchev–Trinajstić information content (AvgIpc) is 3.28. The van der Waals surface area contributed by atoms with Gasteiger partial charge in [0.05, 0.1) is 0 Å². The van der Waals surface area contributed by atoms with Crippen LogP contribution in [-0.2, 0) is 18.9 Å². The van der Waals surface area contributed by atoms with Crippen LogP contribution in [0.15, 0.2) is 24.3 Å². The van der Waals surface area contributed by atoms with Crippen LogP contribution in [0.4, 0.5) is 0 Å². The van der Waals surface area contributed by atoms with E-state index in [1.54, 1.807) is 28.4 Å². The SMILES string of the molecule is COC1(OC)C2C=CC1C(C1CC3C=CC1C3(OC)OC)C2. The van der Waals surface area contributed by atoms with E-state index in [4.69, 9.17) is 18.9 Å². The number of rotatable bonds is 5. The van der Waals surface area contributed by atoms with Crippen LogP contribution in [0.2, 0.25) is 0 Å². The molecule has 0 radical (unpaired) electrons. The minimum absolute atomic E-state index is 0.330. The van der Waals surface area contributed by atoms with Gasteiger partial charge in [0, 0.05) is 52.1 Å². The molecule has 0 heterocycles. The molecule has 4 bridgehead atoms. The normalized spacial score (nSPS) is 46.0. The number of fused-ring (bicyclic) bond motifs is 4. The molecule has 4 nitrogen and oxygen atoms in total. The second-order valence-electron chi connectivity index (χ2n) is 7.09. The van der Waals surface area contributed by atoms with Crippen LogP contribution < -0.4 is 0 Å². The molecule has 0 spiro atoms. The summed E-state index contributed by atoms with van der Waals surface area (Å²) in [6.45, 7) is 0. The summed E-state index contributed by atoms with van der Waals surface area (Å²) in [5.74, 6) is 1.60. The summed E-state index contributed by atoms with van der Waals surface area (Å²) in [6, 6.07) is 0. The third kappa shape index (κ3) is 1.52. The molecule has 2 fully saturated rings. The molecule has 0 aromatic carbocycles. The van der Waals surface area contributed by atoms with E-state index in [0.29, 0.717) is 35.5 Å². The van der Waals surface area contributed by atoms with Crippen molar-refractivity contribution in [3.63, 3.8) is 0 Å². The number of hydrogen-bond acceptors (Lipinski definition) is 4. The van der Waals surface area contributed by atoms with E-state index in [1.807, 2.05) is 0 Å². The van der Waals surface area contributed by atoms with Gasteiger partial charge in [-0.3, -0.25) is 0 Å². The molecule has 4 heteroatoms. The molecule has 0 saturated heterocycles. The first kappa shape index (κ1) is 14.9. The van der Waals surface area contributed by atoms with E-state index >= 15 is 0 Å². The topological polar surface area (TPSA) is 36.9 Å².